The molecular formula is C27H31N3O4. The molecule has 178 valence electrons. The molecule has 0 saturated heterocycles. The molecule has 2 aromatic rings. The van der Waals surface area contributed by atoms with E-state index in [0.29, 0.717) is 36.3 Å². The molecule has 1 aromatic carbocycles. The van der Waals surface area contributed by atoms with Crippen molar-refractivity contribution in [2.75, 3.05) is 27.2 Å². The minimum atomic E-state index is -0.477. The highest BCUT2D eigenvalue weighted by Crippen LogP contribution is 2.50. The molecule has 1 amide bonds. The second-order valence-electron chi connectivity index (χ2n) is 9.67. The molecule has 1 unspecified atom stereocenters. The molecule has 7 heteroatoms. The smallest absolute Gasteiger partial charge is 0.251 e. The average molecular weight is 462 g/mol. The lowest BCUT2D eigenvalue weighted by Gasteiger charge is -2.28. The molecule has 0 spiro atoms. The fourth-order valence-corrected chi connectivity index (χ4v) is 4.44. The number of nitrogens with one attached hydrogen (secondary N) is 1. The molecule has 2 aliphatic carbocycles. The molecule has 2 heterocycles. The first kappa shape index (κ1) is 22.5. The molecule has 0 radical (unpaired) electrons. The summed E-state index contributed by atoms with van der Waals surface area (Å²) in [4.78, 5) is 19.4. The van der Waals surface area contributed by atoms with Crippen LogP contribution in [0.1, 0.15) is 33.1 Å². The predicted octanol–water partition coefficient (Wildman–Crippen LogP) is 4.31. The van der Waals surface area contributed by atoms with Crippen molar-refractivity contribution in [1.82, 2.24) is 15.2 Å². The van der Waals surface area contributed by atoms with E-state index in [1.54, 1.807) is 6.20 Å². The number of allylic oxidation sites excluding steroid dienone is 4. The highest BCUT2D eigenvalue weighted by molar-refractivity contribution is 5.97. The topological polar surface area (TPSA) is 72.9 Å². The minimum absolute atomic E-state index is 0.0209. The van der Waals surface area contributed by atoms with E-state index in [1.165, 1.54) is 0 Å². The Balaban J connectivity index is 1.32. The number of carbonyl (C=O) groups excluding carboxylic acids is 1. The Morgan fingerprint density at radius 3 is 2.88 bits per heavy atom. The van der Waals surface area contributed by atoms with E-state index in [-0.39, 0.29) is 5.91 Å². The Bertz CT molecular complexity index is 1230. The normalized spacial score (nSPS) is 21.7. The van der Waals surface area contributed by atoms with Crippen molar-refractivity contribution in [3.05, 3.63) is 65.5 Å². The van der Waals surface area contributed by atoms with E-state index in [2.05, 4.69) is 22.1 Å². The molecule has 5 rings (SSSR count). The molecule has 1 atom stereocenters. The Morgan fingerprint density at radius 1 is 1.29 bits per heavy atom. The van der Waals surface area contributed by atoms with Crippen LogP contribution in [0.3, 0.4) is 0 Å². The number of amides is 1. The molecule has 1 aliphatic heterocycles. The van der Waals surface area contributed by atoms with Crippen molar-refractivity contribution in [1.29, 1.82) is 0 Å². The zero-order chi connectivity index (χ0) is 23.9. The fraction of sp³-hybridized carbons (Fsp3) is 0.407. The van der Waals surface area contributed by atoms with Crippen molar-refractivity contribution in [3.63, 3.8) is 0 Å². The summed E-state index contributed by atoms with van der Waals surface area (Å²) >= 11 is 0. The number of benzene rings is 1. The fourth-order valence-electron chi connectivity index (χ4n) is 4.44. The zero-order valence-electron chi connectivity index (χ0n) is 20.2. The SMILES string of the molecule is CC1=C(C(=O)NC2CC2)C2(C)CC=C(Oc3ccnc4cc(OCCN(C)C)ccc34)C=C2O1. The molecule has 1 aromatic heterocycles. The van der Waals surface area contributed by atoms with Crippen LogP contribution >= 0.6 is 0 Å². The van der Waals surface area contributed by atoms with Crippen LogP contribution in [0, 0.1) is 5.41 Å². The third kappa shape index (κ3) is 4.40. The van der Waals surface area contributed by atoms with Crippen molar-refractivity contribution >= 4 is 16.8 Å². The van der Waals surface area contributed by atoms with E-state index in [1.807, 2.05) is 57.4 Å². The number of ether oxygens (including phenoxy) is 3. The van der Waals surface area contributed by atoms with Crippen molar-refractivity contribution in [2.24, 2.45) is 5.41 Å². The molecule has 3 aliphatic rings. The first-order valence-corrected chi connectivity index (χ1v) is 11.8. The van der Waals surface area contributed by atoms with E-state index in [0.717, 1.165) is 47.4 Å². The monoisotopic (exact) mass is 461 g/mol. The summed E-state index contributed by atoms with van der Waals surface area (Å²) in [6.07, 6.45) is 8.40. The van der Waals surface area contributed by atoms with E-state index >= 15 is 0 Å². The van der Waals surface area contributed by atoms with Gasteiger partial charge in [-0.05, 0) is 71.5 Å². The van der Waals surface area contributed by atoms with Crippen LogP contribution in [0.4, 0.5) is 0 Å². The number of nitrogens with zero attached hydrogens (tertiary/aromatic N) is 2. The van der Waals surface area contributed by atoms with Crippen LogP contribution in [0.25, 0.3) is 10.9 Å². The number of carbonyl (C=O) groups is 1. The van der Waals surface area contributed by atoms with Gasteiger partial charge in [-0.25, -0.2) is 0 Å². The van der Waals surface area contributed by atoms with Crippen LogP contribution in [-0.2, 0) is 9.53 Å². The first-order chi connectivity index (χ1) is 16.3. The lowest BCUT2D eigenvalue weighted by molar-refractivity contribution is -0.118. The maximum atomic E-state index is 12.9. The van der Waals surface area contributed by atoms with Gasteiger partial charge in [-0.1, -0.05) is 0 Å². The largest absolute Gasteiger partial charge is 0.492 e. The third-order valence-electron chi connectivity index (χ3n) is 6.54. The summed E-state index contributed by atoms with van der Waals surface area (Å²) in [5.41, 5.74) is 1.05. The van der Waals surface area contributed by atoms with Crippen LogP contribution in [0.15, 0.2) is 65.5 Å². The van der Waals surface area contributed by atoms with Gasteiger partial charge in [-0.2, -0.15) is 0 Å². The Kier molecular flexibility index (Phi) is 5.81. The molecule has 1 fully saturated rings. The molecular weight excluding hydrogens is 430 g/mol. The summed E-state index contributed by atoms with van der Waals surface area (Å²) in [6.45, 7) is 5.38. The van der Waals surface area contributed by atoms with Crippen LogP contribution < -0.4 is 14.8 Å². The van der Waals surface area contributed by atoms with Gasteiger partial charge in [0.15, 0.2) is 0 Å². The van der Waals surface area contributed by atoms with Gasteiger partial charge in [0.2, 0.25) is 0 Å². The van der Waals surface area contributed by atoms with Crippen LogP contribution in [-0.4, -0.2) is 49.1 Å². The van der Waals surface area contributed by atoms with Crippen LogP contribution in [0.5, 0.6) is 11.5 Å². The number of hydrogen-bond donors (Lipinski definition) is 1. The third-order valence-corrected chi connectivity index (χ3v) is 6.54. The second kappa shape index (κ2) is 8.80. The van der Waals surface area contributed by atoms with Crippen molar-refractivity contribution in [2.45, 2.75) is 39.2 Å². The number of aromatic nitrogens is 1. The molecule has 34 heavy (non-hydrogen) atoms. The maximum absolute atomic E-state index is 12.9. The lowest BCUT2D eigenvalue weighted by atomic mass is 9.75. The molecule has 1 N–H and O–H groups in total. The number of fused-ring (bicyclic) bond motifs is 2. The minimum Gasteiger partial charge on any atom is -0.492 e. The average Bonchev–Trinajstić information content (AvgIpc) is 3.55. The molecule has 7 nitrogen and oxygen atoms in total. The van der Waals surface area contributed by atoms with Gasteiger partial charge in [0, 0.05) is 36.3 Å². The Morgan fingerprint density at radius 2 is 2.12 bits per heavy atom. The van der Waals surface area contributed by atoms with Gasteiger partial charge in [0.25, 0.3) is 5.91 Å². The predicted molar refractivity (Wildman–Crippen MR) is 130 cm³/mol. The van der Waals surface area contributed by atoms with Gasteiger partial charge in [-0.15, -0.1) is 0 Å². The van der Waals surface area contributed by atoms with Crippen molar-refractivity contribution in [3.8, 4) is 11.5 Å². The summed E-state index contributed by atoms with van der Waals surface area (Å²) in [6, 6.07) is 8.01. The second-order valence-corrected chi connectivity index (χ2v) is 9.67. The summed E-state index contributed by atoms with van der Waals surface area (Å²) in [5.74, 6) is 3.59. The van der Waals surface area contributed by atoms with Gasteiger partial charge in [-0.3, -0.25) is 9.78 Å². The maximum Gasteiger partial charge on any atom is 0.251 e. The summed E-state index contributed by atoms with van der Waals surface area (Å²) in [7, 11) is 4.04. The van der Waals surface area contributed by atoms with E-state index < -0.39 is 5.41 Å². The first-order valence-electron chi connectivity index (χ1n) is 11.8. The summed E-state index contributed by atoms with van der Waals surface area (Å²) in [5, 5.41) is 4.01. The highest BCUT2D eigenvalue weighted by atomic mass is 16.5. The van der Waals surface area contributed by atoms with Crippen LogP contribution in [0.2, 0.25) is 0 Å². The number of pyridine rings is 1. The standard InChI is InChI=1S/C27H31N3O4/c1-17-25(26(31)29-18-5-6-18)27(2)11-9-20(16-24(27)33-17)34-23-10-12-28-22-15-19(7-8-21(22)23)32-14-13-30(3)4/h7-10,12,15-16,18H,5-6,11,13-14H2,1-4H3,(H,29,31). The molecule has 0 bridgehead atoms. The number of likely N-dealkylation sites (N-methyl/N-ethyl adjacent to an activating group) is 1. The van der Waals surface area contributed by atoms with E-state index in [4.69, 9.17) is 14.2 Å². The molecule has 1 saturated carbocycles. The van der Waals surface area contributed by atoms with Gasteiger partial charge < -0.3 is 24.4 Å². The van der Waals surface area contributed by atoms with Crippen molar-refractivity contribution < 1.29 is 19.0 Å². The van der Waals surface area contributed by atoms with Gasteiger partial charge in [0.1, 0.15) is 35.4 Å². The van der Waals surface area contributed by atoms with Gasteiger partial charge >= 0.3 is 0 Å². The van der Waals surface area contributed by atoms with E-state index in [9.17, 15) is 4.79 Å². The Labute approximate surface area is 200 Å². The van der Waals surface area contributed by atoms with Gasteiger partial charge in [0.05, 0.1) is 16.5 Å². The Hall–Kier alpha value is -3.32. The highest BCUT2D eigenvalue weighted by Gasteiger charge is 2.47. The quantitative estimate of drug-likeness (QED) is 0.632. The lowest BCUT2D eigenvalue weighted by Crippen LogP contribution is -2.34. The summed E-state index contributed by atoms with van der Waals surface area (Å²) < 4.78 is 18.2. The number of hydrogen-bond acceptors (Lipinski definition) is 6. The zero-order valence-corrected chi connectivity index (χ0v) is 20.2. The number of rotatable bonds is 8.